The summed E-state index contributed by atoms with van der Waals surface area (Å²) in [6, 6.07) is 9.30. The van der Waals surface area contributed by atoms with Crippen molar-refractivity contribution in [3.8, 4) is 11.3 Å². The van der Waals surface area contributed by atoms with E-state index in [1.165, 1.54) is 0 Å². The Morgan fingerprint density at radius 2 is 1.95 bits per heavy atom. The van der Waals surface area contributed by atoms with Crippen molar-refractivity contribution < 1.29 is 9.53 Å². The van der Waals surface area contributed by atoms with Gasteiger partial charge in [-0.2, -0.15) is 5.10 Å². The minimum atomic E-state index is -0.482. The molecule has 1 aromatic carbocycles. The van der Waals surface area contributed by atoms with E-state index in [1.807, 2.05) is 30.3 Å². The van der Waals surface area contributed by atoms with E-state index in [4.69, 9.17) is 16.3 Å². The molecule has 0 saturated heterocycles. The maximum absolute atomic E-state index is 12.0. The Balaban J connectivity index is 2.61. The van der Waals surface area contributed by atoms with Crippen LogP contribution >= 0.6 is 11.6 Å². The molecule has 0 saturated carbocycles. The smallest absolute Gasteiger partial charge is 0.342 e. The van der Waals surface area contributed by atoms with Gasteiger partial charge >= 0.3 is 5.97 Å². The zero-order valence-electron chi connectivity index (χ0n) is 10.7. The lowest BCUT2D eigenvalue weighted by Gasteiger charge is -2.10. The second-order valence-corrected chi connectivity index (χ2v) is 4.29. The number of rotatable bonds is 3. The van der Waals surface area contributed by atoms with Gasteiger partial charge in [0.25, 0.3) is 0 Å². The number of esters is 1. The second-order valence-electron chi connectivity index (χ2n) is 3.91. The third-order valence-electron chi connectivity index (χ3n) is 2.60. The molecule has 0 amide bonds. The predicted octanol–water partition coefficient (Wildman–Crippen LogP) is 3.28. The third-order valence-corrected chi connectivity index (χ3v) is 3.06. The van der Waals surface area contributed by atoms with Crippen molar-refractivity contribution in [2.75, 3.05) is 6.61 Å². The Kier molecular flexibility index (Phi) is 4.12. The average molecular weight is 277 g/mol. The van der Waals surface area contributed by atoms with Gasteiger partial charge in [0, 0.05) is 5.56 Å². The largest absolute Gasteiger partial charge is 0.462 e. The fourth-order valence-corrected chi connectivity index (χ4v) is 1.90. The van der Waals surface area contributed by atoms with Crippen LogP contribution in [-0.4, -0.2) is 22.8 Å². The molecule has 0 fully saturated rings. The molecule has 1 heterocycles. The molecule has 0 bridgehead atoms. The summed E-state index contributed by atoms with van der Waals surface area (Å²) in [4.78, 5) is 12.0. The van der Waals surface area contributed by atoms with Crippen LogP contribution in [0.2, 0.25) is 5.02 Å². The second kappa shape index (κ2) is 5.80. The molecule has 98 valence electrons. The summed E-state index contributed by atoms with van der Waals surface area (Å²) in [5.74, 6) is -0.482. The van der Waals surface area contributed by atoms with Gasteiger partial charge < -0.3 is 4.74 Å². The van der Waals surface area contributed by atoms with Crippen LogP contribution in [0.4, 0.5) is 0 Å². The lowest BCUT2D eigenvalue weighted by atomic mass is 10.1. The molecule has 0 spiro atoms. The molecule has 0 atom stereocenters. The molecule has 0 aliphatic rings. The molecule has 2 aromatic rings. The Morgan fingerprint density at radius 3 is 2.58 bits per heavy atom. The highest BCUT2D eigenvalue weighted by Crippen LogP contribution is 2.28. The van der Waals surface area contributed by atoms with Gasteiger partial charge in [-0.1, -0.05) is 41.9 Å². The van der Waals surface area contributed by atoms with Crippen molar-refractivity contribution in [2.45, 2.75) is 13.8 Å². The lowest BCUT2D eigenvalue weighted by molar-refractivity contribution is 0.0526. The number of nitrogens with zero attached hydrogens (tertiary/aromatic N) is 2. The highest BCUT2D eigenvalue weighted by atomic mass is 35.5. The van der Waals surface area contributed by atoms with Crippen LogP contribution in [-0.2, 0) is 4.74 Å². The first kappa shape index (κ1) is 13.5. The number of hydrogen-bond acceptors (Lipinski definition) is 4. The van der Waals surface area contributed by atoms with E-state index in [9.17, 15) is 4.79 Å². The summed E-state index contributed by atoms with van der Waals surface area (Å²) in [5, 5.41) is 8.33. The number of halogens is 1. The normalized spacial score (nSPS) is 10.3. The van der Waals surface area contributed by atoms with Gasteiger partial charge in [-0.25, -0.2) is 4.79 Å². The number of carbonyl (C=O) groups is 1. The number of hydrogen-bond donors (Lipinski definition) is 0. The van der Waals surface area contributed by atoms with E-state index in [0.29, 0.717) is 11.4 Å². The summed E-state index contributed by atoms with van der Waals surface area (Å²) in [6.07, 6.45) is 0. The summed E-state index contributed by atoms with van der Waals surface area (Å²) in [5.41, 5.74) is 1.99. The van der Waals surface area contributed by atoms with Gasteiger partial charge in [0.1, 0.15) is 11.3 Å². The molecular weight excluding hydrogens is 264 g/mol. The Labute approximate surface area is 116 Å². The standard InChI is InChI=1S/C14H13ClN2O2/c1-3-19-14(18)11-12(15)9(2)16-17-13(11)10-7-5-4-6-8-10/h4-8H,3H2,1-2H3. The number of benzene rings is 1. The van der Waals surface area contributed by atoms with Crippen molar-refractivity contribution >= 4 is 17.6 Å². The van der Waals surface area contributed by atoms with E-state index in [-0.39, 0.29) is 17.2 Å². The van der Waals surface area contributed by atoms with E-state index in [2.05, 4.69) is 10.2 Å². The van der Waals surface area contributed by atoms with Crippen LogP contribution in [0, 0.1) is 6.92 Å². The van der Waals surface area contributed by atoms with Gasteiger partial charge in [0.05, 0.1) is 17.3 Å². The van der Waals surface area contributed by atoms with Gasteiger partial charge in [-0.3, -0.25) is 0 Å². The number of ether oxygens (including phenoxy) is 1. The quantitative estimate of drug-likeness (QED) is 0.807. The van der Waals surface area contributed by atoms with Crippen LogP contribution < -0.4 is 0 Å². The Morgan fingerprint density at radius 1 is 1.26 bits per heavy atom. The Bertz CT molecular complexity index is 600. The zero-order valence-corrected chi connectivity index (χ0v) is 11.4. The average Bonchev–Trinajstić information content (AvgIpc) is 2.42. The molecule has 19 heavy (non-hydrogen) atoms. The maximum atomic E-state index is 12.0. The van der Waals surface area contributed by atoms with Gasteiger partial charge in [-0.15, -0.1) is 5.10 Å². The molecule has 2 rings (SSSR count). The van der Waals surface area contributed by atoms with Crippen molar-refractivity contribution in [3.05, 3.63) is 46.6 Å². The monoisotopic (exact) mass is 276 g/mol. The first-order chi connectivity index (χ1) is 9.15. The van der Waals surface area contributed by atoms with Crippen LogP contribution in [0.5, 0.6) is 0 Å². The SMILES string of the molecule is CCOC(=O)c1c(-c2ccccc2)nnc(C)c1Cl. The van der Waals surface area contributed by atoms with Gasteiger partial charge in [0.2, 0.25) is 0 Å². The molecular formula is C14H13ClN2O2. The van der Waals surface area contributed by atoms with Crippen LogP contribution in [0.25, 0.3) is 11.3 Å². The molecule has 0 unspecified atom stereocenters. The molecule has 0 aliphatic heterocycles. The van der Waals surface area contributed by atoms with Gasteiger partial charge in [-0.05, 0) is 13.8 Å². The molecule has 0 aliphatic carbocycles. The molecule has 1 aromatic heterocycles. The number of aryl methyl sites for hydroxylation is 1. The zero-order chi connectivity index (χ0) is 13.8. The molecule has 0 N–H and O–H groups in total. The number of carbonyl (C=O) groups excluding carboxylic acids is 1. The Hall–Kier alpha value is -1.94. The van der Waals surface area contributed by atoms with Crippen molar-refractivity contribution in [1.29, 1.82) is 0 Å². The lowest BCUT2D eigenvalue weighted by Crippen LogP contribution is -2.10. The summed E-state index contributed by atoms with van der Waals surface area (Å²) < 4.78 is 5.03. The molecule has 4 nitrogen and oxygen atoms in total. The predicted molar refractivity (Wildman–Crippen MR) is 73.2 cm³/mol. The summed E-state index contributed by atoms with van der Waals surface area (Å²) >= 11 is 6.18. The fraction of sp³-hybridized carbons (Fsp3) is 0.214. The summed E-state index contributed by atoms with van der Waals surface area (Å²) in [7, 11) is 0. The first-order valence-corrected chi connectivity index (χ1v) is 6.28. The van der Waals surface area contributed by atoms with E-state index < -0.39 is 5.97 Å². The van der Waals surface area contributed by atoms with Crippen molar-refractivity contribution in [2.24, 2.45) is 0 Å². The number of aromatic nitrogens is 2. The minimum Gasteiger partial charge on any atom is -0.462 e. The third kappa shape index (κ3) is 2.74. The molecule has 5 heteroatoms. The highest BCUT2D eigenvalue weighted by molar-refractivity contribution is 6.34. The van der Waals surface area contributed by atoms with E-state index in [0.717, 1.165) is 5.56 Å². The molecule has 0 radical (unpaired) electrons. The van der Waals surface area contributed by atoms with Gasteiger partial charge in [0.15, 0.2) is 0 Å². The van der Waals surface area contributed by atoms with Crippen molar-refractivity contribution in [3.63, 3.8) is 0 Å². The maximum Gasteiger partial charge on any atom is 0.342 e. The topological polar surface area (TPSA) is 52.1 Å². The van der Waals surface area contributed by atoms with Crippen LogP contribution in [0.3, 0.4) is 0 Å². The van der Waals surface area contributed by atoms with Crippen LogP contribution in [0.1, 0.15) is 23.0 Å². The minimum absolute atomic E-state index is 0.266. The fourth-order valence-electron chi connectivity index (χ4n) is 1.69. The van der Waals surface area contributed by atoms with Crippen LogP contribution in [0.15, 0.2) is 30.3 Å². The van der Waals surface area contributed by atoms with E-state index >= 15 is 0 Å². The van der Waals surface area contributed by atoms with Crippen molar-refractivity contribution in [1.82, 2.24) is 10.2 Å². The highest BCUT2D eigenvalue weighted by Gasteiger charge is 2.21. The first-order valence-electron chi connectivity index (χ1n) is 5.90. The van der Waals surface area contributed by atoms with E-state index in [1.54, 1.807) is 13.8 Å². The summed E-state index contributed by atoms with van der Waals surface area (Å²) in [6.45, 7) is 3.73.